The molecule has 5 rings (SSSR count). The number of rotatable bonds is 6. The first-order valence-corrected chi connectivity index (χ1v) is 11.0. The van der Waals surface area contributed by atoms with Gasteiger partial charge in [-0.15, -0.1) is 0 Å². The highest BCUT2D eigenvalue weighted by atomic mass is 16.5. The molecule has 31 heavy (non-hydrogen) atoms. The average Bonchev–Trinajstić information content (AvgIpc) is 2.78. The number of benzene rings is 4. The van der Waals surface area contributed by atoms with Crippen molar-refractivity contribution in [1.29, 1.82) is 0 Å². The van der Waals surface area contributed by atoms with Crippen molar-refractivity contribution in [2.45, 2.75) is 32.3 Å². The van der Waals surface area contributed by atoms with Gasteiger partial charge in [-0.2, -0.15) is 0 Å². The van der Waals surface area contributed by atoms with Gasteiger partial charge in [-0.3, -0.25) is 0 Å². The minimum Gasteiger partial charge on any atom is -0.490 e. The second kappa shape index (κ2) is 8.69. The van der Waals surface area contributed by atoms with Crippen molar-refractivity contribution in [3.05, 3.63) is 103 Å². The quantitative estimate of drug-likeness (QED) is 0.351. The number of hydrogen-bond acceptors (Lipinski definition) is 2. The number of ether oxygens (including phenoxy) is 1. The Balaban J connectivity index is 1.23. The molecule has 0 heterocycles. The topological polar surface area (TPSA) is 21.3 Å². The molecule has 2 heteroatoms. The summed E-state index contributed by atoms with van der Waals surface area (Å²) in [6.45, 7) is 2.11. The summed E-state index contributed by atoms with van der Waals surface area (Å²) in [5.41, 5.74) is 8.32. The van der Waals surface area contributed by atoms with Crippen LogP contribution < -0.4 is 10.1 Å². The van der Waals surface area contributed by atoms with Crippen LogP contribution >= 0.6 is 0 Å². The van der Waals surface area contributed by atoms with E-state index in [4.69, 9.17) is 4.74 Å². The van der Waals surface area contributed by atoms with Crippen LogP contribution in [0.2, 0.25) is 0 Å². The standard InChI is InChI=1S/C29H27NO/c1-21-5-7-22(8-6-21)23-9-15-26(16-10-23)30-27-17-11-24(12-18-27)25-13-19-29(20-14-25)31-28-3-2-4-28/h5-20,28,30H,2-4H2,1H3. The lowest BCUT2D eigenvalue weighted by molar-refractivity contribution is 0.120. The third kappa shape index (κ3) is 4.64. The molecular formula is C29H27NO. The lowest BCUT2D eigenvalue weighted by Gasteiger charge is -2.26. The number of anilines is 2. The lowest BCUT2D eigenvalue weighted by Crippen LogP contribution is -2.24. The van der Waals surface area contributed by atoms with E-state index < -0.39 is 0 Å². The second-order valence-corrected chi connectivity index (χ2v) is 8.34. The van der Waals surface area contributed by atoms with Crippen molar-refractivity contribution in [2.75, 3.05) is 5.32 Å². The normalized spacial score (nSPS) is 13.5. The van der Waals surface area contributed by atoms with Gasteiger partial charge in [-0.1, -0.05) is 66.2 Å². The summed E-state index contributed by atoms with van der Waals surface area (Å²) in [6, 6.07) is 34.2. The summed E-state index contributed by atoms with van der Waals surface area (Å²) >= 11 is 0. The van der Waals surface area contributed by atoms with E-state index in [1.165, 1.54) is 47.1 Å². The van der Waals surface area contributed by atoms with Gasteiger partial charge in [0.1, 0.15) is 5.75 Å². The number of hydrogen-bond donors (Lipinski definition) is 1. The van der Waals surface area contributed by atoms with Crippen LogP contribution in [0.3, 0.4) is 0 Å². The number of aryl methyl sites for hydroxylation is 1. The highest BCUT2D eigenvalue weighted by Crippen LogP contribution is 2.29. The van der Waals surface area contributed by atoms with Crippen LogP contribution in [0.4, 0.5) is 11.4 Å². The molecule has 1 aliphatic carbocycles. The largest absolute Gasteiger partial charge is 0.490 e. The van der Waals surface area contributed by atoms with E-state index in [0.29, 0.717) is 6.10 Å². The minimum absolute atomic E-state index is 0.419. The lowest BCUT2D eigenvalue weighted by atomic mass is 9.96. The molecule has 0 bridgehead atoms. The molecule has 2 nitrogen and oxygen atoms in total. The highest BCUT2D eigenvalue weighted by Gasteiger charge is 2.18. The van der Waals surface area contributed by atoms with Gasteiger partial charge in [-0.05, 0) is 84.8 Å². The van der Waals surface area contributed by atoms with Gasteiger partial charge in [0.2, 0.25) is 0 Å². The molecule has 4 aromatic rings. The maximum absolute atomic E-state index is 5.96. The van der Waals surface area contributed by atoms with E-state index in [-0.39, 0.29) is 0 Å². The predicted molar refractivity (Wildman–Crippen MR) is 130 cm³/mol. The zero-order chi connectivity index (χ0) is 21.0. The Hall–Kier alpha value is -3.52. The molecule has 0 atom stereocenters. The third-order valence-corrected chi connectivity index (χ3v) is 5.99. The molecule has 0 amide bonds. The van der Waals surface area contributed by atoms with Crippen LogP contribution in [0, 0.1) is 6.92 Å². The average molecular weight is 406 g/mol. The van der Waals surface area contributed by atoms with Gasteiger partial charge in [0.15, 0.2) is 0 Å². The number of nitrogens with one attached hydrogen (secondary N) is 1. The van der Waals surface area contributed by atoms with Crippen molar-refractivity contribution >= 4 is 11.4 Å². The third-order valence-electron chi connectivity index (χ3n) is 5.99. The molecule has 0 spiro atoms. The molecular weight excluding hydrogens is 378 g/mol. The van der Waals surface area contributed by atoms with Crippen LogP contribution in [0.25, 0.3) is 22.3 Å². The molecule has 154 valence electrons. The molecule has 0 aliphatic heterocycles. The summed E-state index contributed by atoms with van der Waals surface area (Å²) in [6.07, 6.45) is 4.08. The Kier molecular flexibility index (Phi) is 5.45. The molecule has 1 fully saturated rings. The second-order valence-electron chi connectivity index (χ2n) is 8.34. The predicted octanol–water partition coefficient (Wildman–Crippen LogP) is 8.00. The van der Waals surface area contributed by atoms with E-state index >= 15 is 0 Å². The molecule has 1 aliphatic rings. The van der Waals surface area contributed by atoms with E-state index in [1.807, 2.05) is 0 Å². The maximum Gasteiger partial charge on any atom is 0.119 e. The Labute approximate surface area is 184 Å². The van der Waals surface area contributed by atoms with Crippen molar-refractivity contribution in [3.8, 4) is 28.0 Å². The first kappa shape index (κ1) is 19.4. The zero-order valence-electron chi connectivity index (χ0n) is 17.8. The Morgan fingerprint density at radius 3 is 1.42 bits per heavy atom. The first-order valence-electron chi connectivity index (χ1n) is 11.0. The van der Waals surface area contributed by atoms with E-state index in [1.54, 1.807) is 0 Å². The van der Waals surface area contributed by atoms with E-state index in [9.17, 15) is 0 Å². The minimum atomic E-state index is 0.419. The fourth-order valence-electron chi connectivity index (χ4n) is 3.81. The fourth-order valence-corrected chi connectivity index (χ4v) is 3.81. The molecule has 4 aromatic carbocycles. The van der Waals surface area contributed by atoms with E-state index in [0.717, 1.165) is 17.1 Å². The van der Waals surface area contributed by atoms with Gasteiger partial charge in [0.05, 0.1) is 6.10 Å². The van der Waals surface area contributed by atoms with Crippen LogP contribution in [0.15, 0.2) is 97.1 Å². The summed E-state index contributed by atoms with van der Waals surface area (Å²) in [5.74, 6) is 0.973. The monoisotopic (exact) mass is 405 g/mol. The van der Waals surface area contributed by atoms with Crippen molar-refractivity contribution in [3.63, 3.8) is 0 Å². The van der Waals surface area contributed by atoms with Gasteiger partial charge < -0.3 is 10.1 Å². The zero-order valence-corrected chi connectivity index (χ0v) is 17.8. The molecule has 0 radical (unpaired) electrons. The molecule has 1 saturated carbocycles. The van der Waals surface area contributed by atoms with Crippen LogP contribution in [-0.2, 0) is 0 Å². The summed E-state index contributed by atoms with van der Waals surface area (Å²) in [4.78, 5) is 0. The molecule has 1 N–H and O–H groups in total. The highest BCUT2D eigenvalue weighted by molar-refractivity contribution is 5.71. The Bertz CT molecular complexity index is 1120. The summed E-state index contributed by atoms with van der Waals surface area (Å²) < 4.78 is 5.96. The van der Waals surface area contributed by atoms with Gasteiger partial charge >= 0.3 is 0 Å². The fraction of sp³-hybridized carbons (Fsp3) is 0.172. The van der Waals surface area contributed by atoms with Gasteiger partial charge in [0, 0.05) is 11.4 Å². The molecule has 0 saturated heterocycles. The molecule has 0 aromatic heterocycles. The summed E-state index contributed by atoms with van der Waals surface area (Å²) in [5, 5.41) is 3.49. The SMILES string of the molecule is Cc1ccc(-c2ccc(Nc3ccc(-c4ccc(OC5CCC5)cc4)cc3)cc2)cc1. The van der Waals surface area contributed by atoms with Crippen molar-refractivity contribution < 1.29 is 4.74 Å². The van der Waals surface area contributed by atoms with Crippen LogP contribution in [0.1, 0.15) is 24.8 Å². The first-order chi connectivity index (χ1) is 15.2. The molecule has 0 unspecified atom stereocenters. The summed E-state index contributed by atoms with van der Waals surface area (Å²) in [7, 11) is 0. The Morgan fingerprint density at radius 2 is 1.00 bits per heavy atom. The van der Waals surface area contributed by atoms with E-state index in [2.05, 4.69) is 109 Å². The maximum atomic E-state index is 5.96. The van der Waals surface area contributed by atoms with Gasteiger partial charge in [0.25, 0.3) is 0 Å². The van der Waals surface area contributed by atoms with Crippen molar-refractivity contribution in [1.82, 2.24) is 0 Å². The van der Waals surface area contributed by atoms with Crippen LogP contribution in [0.5, 0.6) is 5.75 Å². The smallest absolute Gasteiger partial charge is 0.119 e. The Morgan fingerprint density at radius 1 is 0.581 bits per heavy atom. The van der Waals surface area contributed by atoms with Gasteiger partial charge in [-0.25, -0.2) is 0 Å². The van der Waals surface area contributed by atoms with Crippen LogP contribution in [-0.4, -0.2) is 6.10 Å². The van der Waals surface area contributed by atoms with Crippen molar-refractivity contribution in [2.24, 2.45) is 0 Å².